The average Bonchev–Trinajstić information content (AvgIpc) is 2.70. The summed E-state index contributed by atoms with van der Waals surface area (Å²) in [7, 11) is 0. The van der Waals surface area contributed by atoms with E-state index in [4.69, 9.17) is 16.3 Å². The second-order valence-electron chi connectivity index (χ2n) is 4.56. The van der Waals surface area contributed by atoms with E-state index in [-0.39, 0.29) is 11.6 Å². The number of hydrogen-bond donors (Lipinski definition) is 1. The first kappa shape index (κ1) is 15.4. The standard InChI is InChI=1S/C15H17ClN2O3/c1-3-7-18-14(19)12(17-15(18)20)9-10-8-11(16)5-6-13(10)21-4-2/h5-6,8-9H,3-4,7H2,1-2H3,(H,17,20)/b12-9-. The molecule has 0 unspecified atom stereocenters. The van der Waals surface area contributed by atoms with Crippen molar-refractivity contribution >= 4 is 29.6 Å². The normalized spacial score (nSPS) is 16.5. The number of rotatable bonds is 5. The van der Waals surface area contributed by atoms with Crippen LogP contribution in [0.2, 0.25) is 5.02 Å². The van der Waals surface area contributed by atoms with Gasteiger partial charge in [0.05, 0.1) is 6.61 Å². The van der Waals surface area contributed by atoms with Crippen molar-refractivity contribution in [3.05, 3.63) is 34.5 Å². The third-order valence-corrected chi connectivity index (χ3v) is 3.22. The van der Waals surface area contributed by atoms with Crippen molar-refractivity contribution < 1.29 is 14.3 Å². The van der Waals surface area contributed by atoms with Crippen LogP contribution < -0.4 is 10.1 Å². The van der Waals surface area contributed by atoms with E-state index in [2.05, 4.69) is 5.32 Å². The second-order valence-corrected chi connectivity index (χ2v) is 5.00. The lowest BCUT2D eigenvalue weighted by molar-refractivity contribution is -0.122. The Bertz CT molecular complexity index is 599. The van der Waals surface area contributed by atoms with Gasteiger partial charge in [-0.3, -0.25) is 9.69 Å². The Labute approximate surface area is 128 Å². The molecule has 0 aromatic heterocycles. The number of imide groups is 1. The van der Waals surface area contributed by atoms with E-state index in [9.17, 15) is 9.59 Å². The fourth-order valence-corrected chi connectivity index (χ4v) is 2.25. The highest BCUT2D eigenvalue weighted by Crippen LogP contribution is 2.26. The van der Waals surface area contributed by atoms with Gasteiger partial charge in [0.1, 0.15) is 11.4 Å². The average molecular weight is 309 g/mol. The van der Waals surface area contributed by atoms with Gasteiger partial charge in [-0.25, -0.2) is 4.79 Å². The van der Waals surface area contributed by atoms with E-state index in [1.54, 1.807) is 24.3 Å². The van der Waals surface area contributed by atoms with E-state index in [1.165, 1.54) is 4.90 Å². The van der Waals surface area contributed by atoms with Crippen molar-refractivity contribution in [3.63, 3.8) is 0 Å². The molecule has 1 aromatic carbocycles. The van der Waals surface area contributed by atoms with E-state index >= 15 is 0 Å². The van der Waals surface area contributed by atoms with Crippen LogP contribution in [0.25, 0.3) is 6.08 Å². The van der Waals surface area contributed by atoms with Gasteiger partial charge in [0.25, 0.3) is 5.91 Å². The van der Waals surface area contributed by atoms with Crippen molar-refractivity contribution in [2.24, 2.45) is 0 Å². The zero-order valence-corrected chi connectivity index (χ0v) is 12.7. The van der Waals surface area contributed by atoms with Crippen molar-refractivity contribution in [3.8, 4) is 5.75 Å². The first-order chi connectivity index (χ1) is 10.1. The molecule has 1 fully saturated rings. The van der Waals surface area contributed by atoms with Crippen LogP contribution in [0.3, 0.4) is 0 Å². The van der Waals surface area contributed by atoms with Crippen LogP contribution in [-0.4, -0.2) is 30.0 Å². The van der Waals surface area contributed by atoms with Crippen molar-refractivity contribution in [1.29, 1.82) is 0 Å². The summed E-state index contributed by atoms with van der Waals surface area (Å²) in [4.78, 5) is 25.1. The molecule has 1 aliphatic heterocycles. The summed E-state index contributed by atoms with van der Waals surface area (Å²) in [5.41, 5.74) is 0.892. The molecule has 1 heterocycles. The summed E-state index contributed by atoms with van der Waals surface area (Å²) in [5, 5.41) is 3.11. The Morgan fingerprint density at radius 3 is 2.76 bits per heavy atom. The number of halogens is 1. The Hall–Kier alpha value is -2.01. The van der Waals surface area contributed by atoms with Crippen LogP contribution in [-0.2, 0) is 4.79 Å². The lowest BCUT2D eigenvalue weighted by Crippen LogP contribution is -2.31. The van der Waals surface area contributed by atoms with Crippen LogP contribution in [0.1, 0.15) is 25.8 Å². The van der Waals surface area contributed by atoms with Gasteiger partial charge in [-0.05, 0) is 37.6 Å². The molecule has 112 valence electrons. The molecule has 2 rings (SSSR count). The summed E-state index contributed by atoms with van der Waals surface area (Å²) < 4.78 is 5.50. The van der Waals surface area contributed by atoms with Crippen LogP contribution in [0, 0.1) is 0 Å². The fraction of sp³-hybridized carbons (Fsp3) is 0.333. The smallest absolute Gasteiger partial charge is 0.329 e. The molecule has 0 spiro atoms. The van der Waals surface area contributed by atoms with Gasteiger partial charge < -0.3 is 10.1 Å². The highest BCUT2D eigenvalue weighted by atomic mass is 35.5. The number of hydrogen-bond acceptors (Lipinski definition) is 3. The minimum atomic E-state index is -0.395. The predicted molar refractivity (Wildman–Crippen MR) is 81.1 cm³/mol. The van der Waals surface area contributed by atoms with Crippen molar-refractivity contribution in [1.82, 2.24) is 10.2 Å². The minimum absolute atomic E-state index is 0.233. The highest BCUT2D eigenvalue weighted by Gasteiger charge is 2.32. The van der Waals surface area contributed by atoms with Gasteiger partial charge in [-0.15, -0.1) is 0 Å². The highest BCUT2D eigenvalue weighted by molar-refractivity contribution is 6.30. The molecule has 1 saturated heterocycles. The molecule has 5 nitrogen and oxygen atoms in total. The number of carbonyl (C=O) groups is 2. The molecule has 0 bridgehead atoms. The monoisotopic (exact) mass is 308 g/mol. The van der Waals surface area contributed by atoms with Crippen LogP contribution in [0.15, 0.2) is 23.9 Å². The molecule has 0 saturated carbocycles. The van der Waals surface area contributed by atoms with Gasteiger partial charge in [0, 0.05) is 17.1 Å². The minimum Gasteiger partial charge on any atom is -0.493 e. The molecular weight excluding hydrogens is 292 g/mol. The third kappa shape index (κ3) is 3.36. The van der Waals surface area contributed by atoms with Gasteiger partial charge in [0.2, 0.25) is 0 Å². The van der Waals surface area contributed by atoms with E-state index < -0.39 is 6.03 Å². The predicted octanol–water partition coefficient (Wildman–Crippen LogP) is 3.04. The first-order valence-electron chi connectivity index (χ1n) is 6.83. The van der Waals surface area contributed by atoms with Crippen LogP contribution in [0.4, 0.5) is 4.79 Å². The van der Waals surface area contributed by atoms with Crippen molar-refractivity contribution in [2.75, 3.05) is 13.2 Å². The lowest BCUT2D eigenvalue weighted by atomic mass is 10.1. The quantitative estimate of drug-likeness (QED) is 0.672. The van der Waals surface area contributed by atoms with Crippen LogP contribution in [0.5, 0.6) is 5.75 Å². The van der Waals surface area contributed by atoms with Crippen LogP contribution >= 0.6 is 11.6 Å². The molecule has 21 heavy (non-hydrogen) atoms. The molecule has 1 aromatic rings. The summed E-state index contributed by atoms with van der Waals surface area (Å²) >= 11 is 5.98. The van der Waals surface area contributed by atoms with E-state index in [0.29, 0.717) is 35.9 Å². The molecule has 3 amide bonds. The second kappa shape index (κ2) is 6.63. The number of urea groups is 1. The topological polar surface area (TPSA) is 58.6 Å². The van der Waals surface area contributed by atoms with Gasteiger partial charge in [-0.2, -0.15) is 0 Å². The molecule has 0 radical (unpaired) electrons. The Morgan fingerprint density at radius 2 is 2.10 bits per heavy atom. The van der Waals surface area contributed by atoms with Gasteiger partial charge >= 0.3 is 6.03 Å². The SMILES string of the molecule is CCCN1C(=O)N/C(=C\c2cc(Cl)ccc2OCC)C1=O. The van der Waals surface area contributed by atoms with Gasteiger partial charge in [0.15, 0.2) is 0 Å². The molecule has 1 aliphatic rings. The Kier molecular flexibility index (Phi) is 4.85. The number of ether oxygens (including phenoxy) is 1. The number of nitrogens with zero attached hydrogens (tertiary/aromatic N) is 1. The lowest BCUT2D eigenvalue weighted by Gasteiger charge is -2.09. The zero-order valence-electron chi connectivity index (χ0n) is 12.0. The van der Waals surface area contributed by atoms with E-state index in [0.717, 1.165) is 0 Å². The molecular formula is C15H17ClN2O3. The number of nitrogens with one attached hydrogen (secondary N) is 1. The third-order valence-electron chi connectivity index (χ3n) is 2.98. The summed E-state index contributed by atoms with van der Waals surface area (Å²) in [5.74, 6) is 0.287. The fourth-order valence-electron chi connectivity index (χ4n) is 2.07. The number of amides is 3. The number of carbonyl (C=O) groups excluding carboxylic acids is 2. The number of benzene rings is 1. The molecule has 0 aliphatic carbocycles. The first-order valence-corrected chi connectivity index (χ1v) is 7.21. The summed E-state index contributed by atoms with van der Waals surface area (Å²) in [6.07, 6.45) is 2.31. The Balaban J connectivity index is 2.34. The molecule has 0 atom stereocenters. The zero-order chi connectivity index (χ0) is 15.4. The maximum atomic E-state index is 12.2. The molecule has 6 heteroatoms. The van der Waals surface area contributed by atoms with Gasteiger partial charge in [-0.1, -0.05) is 18.5 Å². The largest absolute Gasteiger partial charge is 0.493 e. The molecule has 1 N–H and O–H groups in total. The van der Waals surface area contributed by atoms with E-state index in [1.807, 2.05) is 13.8 Å². The summed E-state index contributed by atoms with van der Waals surface area (Å²) in [6, 6.07) is 4.76. The Morgan fingerprint density at radius 1 is 1.33 bits per heavy atom. The van der Waals surface area contributed by atoms with Crippen molar-refractivity contribution in [2.45, 2.75) is 20.3 Å². The summed E-state index contributed by atoms with van der Waals surface area (Å²) in [6.45, 7) is 4.68. The maximum absolute atomic E-state index is 12.2. The maximum Gasteiger partial charge on any atom is 0.329 e.